The summed E-state index contributed by atoms with van der Waals surface area (Å²) in [4.78, 5) is 33.7. The maximum atomic E-state index is 14.0. The van der Waals surface area contributed by atoms with Crippen LogP contribution in [-0.2, 0) is 19.1 Å². The van der Waals surface area contributed by atoms with Gasteiger partial charge in [-0.3, -0.25) is 9.59 Å². The van der Waals surface area contributed by atoms with Crippen LogP contribution in [-0.4, -0.2) is 103 Å². The predicted molar refractivity (Wildman–Crippen MR) is 145 cm³/mol. The van der Waals surface area contributed by atoms with Gasteiger partial charge in [0.1, 0.15) is 6.04 Å². The minimum absolute atomic E-state index is 0.00247. The highest BCUT2D eigenvalue weighted by Gasteiger charge is 2.53. The van der Waals surface area contributed by atoms with E-state index in [2.05, 4.69) is 58.9 Å². The Bertz CT molecular complexity index is 808. The van der Waals surface area contributed by atoms with Crippen LogP contribution in [0.15, 0.2) is 0 Å². The molecule has 0 aromatic rings. The maximum Gasteiger partial charge on any atom is 0.245 e. The molecule has 2 unspecified atom stereocenters. The van der Waals surface area contributed by atoms with Crippen molar-refractivity contribution in [3.8, 4) is 0 Å². The van der Waals surface area contributed by atoms with Crippen molar-refractivity contribution >= 4 is 11.8 Å². The molecule has 4 rings (SSSR count). The fourth-order valence-corrected chi connectivity index (χ4v) is 7.38. The van der Waals surface area contributed by atoms with Gasteiger partial charge in [0.15, 0.2) is 5.79 Å². The zero-order chi connectivity index (χ0) is 27.0. The molecule has 212 valence electrons. The number of carbonyl (C=O) groups is 2. The molecule has 0 radical (unpaired) electrons. The quantitative estimate of drug-likeness (QED) is 0.556. The SMILES string of the molecule is CC(C)CC(C(=O)N1CCC2(C[C@@H]1C)OCC1(CCCC1N(C)C)CO2)N1CCN[C@@H](CC(C)C)C1=O. The minimum Gasteiger partial charge on any atom is -0.349 e. The number of nitrogens with zero attached hydrogens (tertiary/aromatic N) is 3. The highest BCUT2D eigenvalue weighted by Crippen LogP contribution is 2.47. The third kappa shape index (κ3) is 6.02. The summed E-state index contributed by atoms with van der Waals surface area (Å²) < 4.78 is 13.1. The zero-order valence-electron chi connectivity index (χ0n) is 24.4. The van der Waals surface area contributed by atoms with Crippen LogP contribution in [0.2, 0.25) is 0 Å². The van der Waals surface area contributed by atoms with Crippen molar-refractivity contribution in [3.63, 3.8) is 0 Å². The Morgan fingerprint density at radius 1 is 1.11 bits per heavy atom. The van der Waals surface area contributed by atoms with Crippen molar-refractivity contribution in [3.05, 3.63) is 0 Å². The van der Waals surface area contributed by atoms with E-state index in [0.717, 1.165) is 32.6 Å². The average molecular weight is 521 g/mol. The molecule has 3 saturated heterocycles. The smallest absolute Gasteiger partial charge is 0.245 e. The number of piperidine rings is 1. The molecule has 3 heterocycles. The second-order valence-electron chi connectivity index (χ2n) is 13.4. The van der Waals surface area contributed by atoms with Crippen molar-refractivity contribution in [2.75, 3.05) is 46.9 Å². The van der Waals surface area contributed by atoms with Gasteiger partial charge in [0.25, 0.3) is 0 Å². The lowest BCUT2D eigenvalue weighted by Crippen LogP contribution is -2.64. The number of amides is 2. The molecular weight excluding hydrogens is 468 g/mol. The Balaban J connectivity index is 1.42. The molecule has 0 aromatic carbocycles. The van der Waals surface area contributed by atoms with Crippen LogP contribution in [0.1, 0.15) is 79.6 Å². The minimum atomic E-state index is -0.596. The monoisotopic (exact) mass is 520 g/mol. The number of hydrogen-bond donors (Lipinski definition) is 1. The van der Waals surface area contributed by atoms with Gasteiger partial charge in [0.05, 0.1) is 19.3 Å². The van der Waals surface area contributed by atoms with Crippen molar-refractivity contribution < 1.29 is 19.1 Å². The van der Waals surface area contributed by atoms with Gasteiger partial charge in [-0.25, -0.2) is 0 Å². The largest absolute Gasteiger partial charge is 0.349 e. The maximum absolute atomic E-state index is 14.0. The van der Waals surface area contributed by atoms with Gasteiger partial charge >= 0.3 is 0 Å². The number of carbonyl (C=O) groups excluding carboxylic acids is 2. The van der Waals surface area contributed by atoms with Crippen molar-refractivity contribution in [1.82, 2.24) is 20.0 Å². The van der Waals surface area contributed by atoms with Gasteiger partial charge in [0.2, 0.25) is 11.8 Å². The first-order valence-electron chi connectivity index (χ1n) is 14.8. The molecule has 8 nitrogen and oxygen atoms in total. The fourth-order valence-electron chi connectivity index (χ4n) is 7.38. The molecule has 37 heavy (non-hydrogen) atoms. The molecule has 1 N–H and O–H groups in total. The zero-order valence-corrected chi connectivity index (χ0v) is 24.4. The molecule has 1 aliphatic carbocycles. The Labute approximate surface area is 224 Å². The third-order valence-electron chi connectivity index (χ3n) is 9.27. The molecule has 4 aliphatic rings. The molecular formula is C29H52N4O4. The molecule has 1 saturated carbocycles. The van der Waals surface area contributed by atoms with Crippen LogP contribution in [0.25, 0.3) is 0 Å². The Hall–Kier alpha value is -1.22. The number of ether oxygens (including phenoxy) is 2. The van der Waals surface area contributed by atoms with E-state index in [-0.39, 0.29) is 29.3 Å². The van der Waals surface area contributed by atoms with Gasteiger partial charge in [-0.2, -0.15) is 0 Å². The normalized spacial score (nSPS) is 35.9. The second-order valence-corrected chi connectivity index (χ2v) is 13.4. The van der Waals surface area contributed by atoms with Crippen LogP contribution >= 0.6 is 0 Å². The summed E-state index contributed by atoms with van der Waals surface area (Å²) >= 11 is 0. The molecule has 0 bridgehead atoms. The fraction of sp³-hybridized carbons (Fsp3) is 0.931. The first-order chi connectivity index (χ1) is 17.5. The Kier molecular flexibility index (Phi) is 8.93. The van der Waals surface area contributed by atoms with Crippen LogP contribution in [0.5, 0.6) is 0 Å². The van der Waals surface area contributed by atoms with Crippen molar-refractivity contribution in [1.29, 1.82) is 0 Å². The number of likely N-dealkylation sites (tertiary alicyclic amines) is 1. The van der Waals surface area contributed by atoms with Crippen molar-refractivity contribution in [2.24, 2.45) is 17.3 Å². The van der Waals surface area contributed by atoms with Gasteiger partial charge in [-0.1, -0.05) is 34.1 Å². The van der Waals surface area contributed by atoms with E-state index >= 15 is 0 Å². The lowest BCUT2D eigenvalue weighted by Gasteiger charge is -2.53. The first-order valence-corrected chi connectivity index (χ1v) is 14.8. The van der Waals surface area contributed by atoms with E-state index in [1.54, 1.807) is 0 Å². The lowest BCUT2D eigenvalue weighted by atomic mass is 9.81. The molecule has 2 spiro atoms. The van der Waals surface area contributed by atoms with Crippen LogP contribution < -0.4 is 5.32 Å². The van der Waals surface area contributed by atoms with Crippen molar-refractivity contribution in [2.45, 2.75) is 110 Å². The Morgan fingerprint density at radius 3 is 2.41 bits per heavy atom. The number of nitrogens with one attached hydrogen (secondary N) is 1. The lowest BCUT2D eigenvalue weighted by molar-refractivity contribution is -0.325. The summed E-state index contributed by atoms with van der Waals surface area (Å²) in [5.74, 6) is 0.318. The summed E-state index contributed by atoms with van der Waals surface area (Å²) in [7, 11) is 4.33. The van der Waals surface area contributed by atoms with Gasteiger partial charge in [-0.05, 0) is 58.5 Å². The molecule has 2 amide bonds. The van der Waals surface area contributed by atoms with Crippen LogP contribution in [0, 0.1) is 17.3 Å². The molecule has 4 fully saturated rings. The van der Waals surface area contributed by atoms with E-state index in [1.807, 2.05) is 9.80 Å². The number of rotatable bonds is 7. The Morgan fingerprint density at radius 2 is 1.81 bits per heavy atom. The highest BCUT2D eigenvalue weighted by atomic mass is 16.7. The molecule has 0 aromatic heterocycles. The summed E-state index contributed by atoms with van der Waals surface area (Å²) in [5.41, 5.74) is 0.0858. The number of piperazine rings is 1. The third-order valence-corrected chi connectivity index (χ3v) is 9.27. The van der Waals surface area contributed by atoms with E-state index in [1.165, 1.54) is 12.8 Å². The van der Waals surface area contributed by atoms with E-state index in [0.29, 0.717) is 50.2 Å². The average Bonchev–Trinajstić information content (AvgIpc) is 3.24. The van der Waals surface area contributed by atoms with E-state index in [9.17, 15) is 9.59 Å². The molecule has 4 atom stereocenters. The van der Waals surface area contributed by atoms with Gasteiger partial charge in [0, 0.05) is 50.0 Å². The number of hydrogen-bond acceptors (Lipinski definition) is 6. The standard InChI is InChI=1S/C29H52N4O4/c1-20(2)15-23-26(34)33(14-12-30-23)24(16-21(3)4)27(35)32-13-11-29(17-22(32)5)36-18-28(19-37-29)10-8-9-25(28)31(6)7/h20-25,30H,8-19H2,1-7H3/t22-,23-,24?,25?,28?,29?/m0/s1. The predicted octanol–water partition coefficient (Wildman–Crippen LogP) is 3.10. The topological polar surface area (TPSA) is 74.4 Å². The first kappa shape index (κ1) is 28.8. The summed E-state index contributed by atoms with van der Waals surface area (Å²) in [6.45, 7) is 14.1. The summed E-state index contributed by atoms with van der Waals surface area (Å²) in [6.07, 6.45) is 6.43. The van der Waals surface area contributed by atoms with E-state index in [4.69, 9.17) is 9.47 Å². The van der Waals surface area contributed by atoms with Crippen LogP contribution in [0.3, 0.4) is 0 Å². The van der Waals surface area contributed by atoms with E-state index < -0.39 is 11.8 Å². The van der Waals surface area contributed by atoms with Gasteiger partial charge in [-0.15, -0.1) is 0 Å². The second kappa shape index (κ2) is 11.5. The van der Waals surface area contributed by atoms with Crippen LogP contribution in [0.4, 0.5) is 0 Å². The highest BCUT2D eigenvalue weighted by molar-refractivity contribution is 5.90. The molecule has 3 aliphatic heterocycles. The van der Waals surface area contributed by atoms with Gasteiger partial charge < -0.3 is 29.5 Å². The summed E-state index contributed by atoms with van der Waals surface area (Å²) in [6, 6.07) is -0.104. The molecule has 8 heteroatoms. The summed E-state index contributed by atoms with van der Waals surface area (Å²) in [5, 5.41) is 3.38.